The molecular formula is C27H25N3O2. The van der Waals surface area contributed by atoms with Crippen LogP contribution >= 0.6 is 0 Å². The molecule has 0 unspecified atom stereocenters. The third-order valence-electron chi connectivity index (χ3n) is 5.38. The molecule has 160 valence electrons. The summed E-state index contributed by atoms with van der Waals surface area (Å²) in [5, 5.41) is 6.72. The number of amides is 2. The number of nitrogens with one attached hydrogen (secondary N) is 2. The number of para-hydroxylation sites is 2. The van der Waals surface area contributed by atoms with E-state index in [9.17, 15) is 9.59 Å². The second-order valence-electron chi connectivity index (χ2n) is 7.56. The lowest BCUT2D eigenvalue weighted by atomic mass is 9.92. The van der Waals surface area contributed by atoms with Gasteiger partial charge in [0.25, 0.3) is 5.91 Å². The van der Waals surface area contributed by atoms with Gasteiger partial charge in [-0.1, -0.05) is 60.7 Å². The normalized spacial score (nSPS) is 10.7. The molecule has 0 aliphatic heterocycles. The highest BCUT2D eigenvalue weighted by Crippen LogP contribution is 2.33. The van der Waals surface area contributed by atoms with Crippen molar-refractivity contribution < 1.29 is 9.59 Å². The fourth-order valence-corrected chi connectivity index (χ4v) is 3.93. The van der Waals surface area contributed by atoms with Crippen LogP contribution in [0.1, 0.15) is 28.5 Å². The van der Waals surface area contributed by atoms with Crippen LogP contribution in [0.15, 0.2) is 78.9 Å². The van der Waals surface area contributed by atoms with E-state index in [0.29, 0.717) is 17.8 Å². The number of nitrogens with zero attached hydrogens (tertiary/aromatic N) is 1. The van der Waals surface area contributed by atoms with E-state index in [1.807, 2.05) is 68.4 Å². The van der Waals surface area contributed by atoms with Crippen molar-refractivity contribution in [3.8, 4) is 11.1 Å². The molecule has 32 heavy (non-hydrogen) atoms. The van der Waals surface area contributed by atoms with E-state index in [0.717, 1.165) is 33.3 Å². The van der Waals surface area contributed by atoms with Gasteiger partial charge >= 0.3 is 0 Å². The van der Waals surface area contributed by atoms with Gasteiger partial charge in [-0.05, 0) is 48.7 Å². The molecule has 2 amide bonds. The third kappa shape index (κ3) is 4.37. The van der Waals surface area contributed by atoms with Crippen LogP contribution in [0.3, 0.4) is 0 Å². The number of fused-ring (bicyclic) bond motifs is 1. The van der Waals surface area contributed by atoms with Crippen molar-refractivity contribution >= 4 is 28.4 Å². The Hall–Kier alpha value is -3.99. The molecule has 0 saturated carbocycles. The Morgan fingerprint density at radius 1 is 0.875 bits per heavy atom. The average molecular weight is 424 g/mol. The first-order valence-corrected chi connectivity index (χ1v) is 10.7. The largest absolute Gasteiger partial charge is 0.352 e. The van der Waals surface area contributed by atoms with Gasteiger partial charge in [-0.15, -0.1) is 0 Å². The molecular weight excluding hydrogens is 398 g/mol. The molecule has 2 N–H and O–H groups in total. The zero-order valence-electron chi connectivity index (χ0n) is 18.2. The number of carbonyl (C=O) groups excluding carboxylic acids is 2. The van der Waals surface area contributed by atoms with Crippen LogP contribution in [-0.4, -0.2) is 23.3 Å². The van der Waals surface area contributed by atoms with E-state index in [2.05, 4.69) is 10.6 Å². The van der Waals surface area contributed by atoms with Crippen LogP contribution in [0.5, 0.6) is 0 Å². The molecule has 0 aliphatic carbocycles. The van der Waals surface area contributed by atoms with Crippen molar-refractivity contribution in [3.63, 3.8) is 0 Å². The Kier molecular flexibility index (Phi) is 6.26. The van der Waals surface area contributed by atoms with Crippen LogP contribution in [-0.2, 0) is 11.2 Å². The quantitative estimate of drug-likeness (QED) is 0.451. The molecule has 0 radical (unpaired) electrons. The summed E-state index contributed by atoms with van der Waals surface area (Å²) < 4.78 is 0. The number of hydrogen-bond donors (Lipinski definition) is 2. The number of aromatic nitrogens is 1. The SMILES string of the molecule is CCNC(=O)c1ccccc1NC(=O)Cc1c(C)nc2ccccc2c1-c1ccccc1. The molecule has 0 saturated heterocycles. The second-order valence-corrected chi connectivity index (χ2v) is 7.56. The van der Waals surface area contributed by atoms with Gasteiger partial charge in [-0.3, -0.25) is 14.6 Å². The van der Waals surface area contributed by atoms with E-state index in [-0.39, 0.29) is 18.2 Å². The van der Waals surface area contributed by atoms with Crippen LogP contribution in [0.25, 0.3) is 22.0 Å². The highest BCUT2D eigenvalue weighted by Gasteiger charge is 2.18. The van der Waals surface area contributed by atoms with Gasteiger partial charge in [0, 0.05) is 17.6 Å². The van der Waals surface area contributed by atoms with Crippen molar-refractivity contribution in [1.29, 1.82) is 0 Å². The molecule has 5 heteroatoms. The molecule has 4 aromatic rings. The maximum Gasteiger partial charge on any atom is 0.253 e. The molecule has 0 fully saturated rings. The summed E-state index contributed by atoms with van der Waals surface area (Å²) in [4.78, 5) is 30.2. The summed E-state index contributed by atoms with van der Waals surface area (Å²) in [6.07, 6.45) is 0.150. The van der Waals surface area contributed by atoms with Gasteiger partial charge < -0.3 is 10.6 Å². The summed E-state index contributed by atoms with van der Waals surface area (Å²) in [5.41, 5.74) is 5.59. The molecule has 3 aromatic carbocycles. The zero-order chi connectivity index (χ0) is 22.5. The van der Waals surface area contributed by atoms with Crippen molar-refractivity contribution in [2.45, 2.75) is 20.3 Å². The molecule has 0 aliphatic rings. The summed E-state index contributed by atoms with van der Waals surface area (Å²) >= 11 is 0. The van der Waals surface area contributed by atoms with Crippen LogP contribution < -0.4 is 10.6 Å². The number of carbonyl (C=O) groups is 2. The number of hydrogen-bond acceptors (Lipinski definition) is 3. The van der Waals surface area contributed by atoms with Crippen molar-refractivity contribution in [2.24, 2.45) is 0 Å². The Morgan fingerprint density at radius 3 is 2.34 bits per heavy atom. The van der Waals surface area contributed by atoms with Gasteiger partial charge in [0.05, 0.1) is 23.2 Å². The Labute approximate surface area is 187 Å². The summed E-state index contributed by atoms with van der Waals surface area (Å²) in [6.45, 7) is 4.31. The highest BCUT2D eigenvalue weighted by atomic mass is 16.2. The molecule has 5 nitrogen and oxygen atoms in total. The maximum atomic E-state index is 13.1. The number of aryl methyl sites for hydroxylation is 1. The lowest BCUT2D eigenvalue weighted by molar-refractivity contribution is -0.115. The maximum absolute atomic E-state index is 13.1. The number of anilines is 1. The Balaban J connectivity index is 1.72. The fourth-order valence-electron chi connectivity index (χ4n) is 3.93. The number of pyridine rings is 1. The highest BCUT2D eigenvalue weighted by molar-refractivity contribution is 6.05. The lowest BCUT2D eigenvalue weighted by Gasteiger charge is -2.16. The van der Waals surface area contributed by atoms with E-state index < -0.39 is 0 Å². The Bertz CT molecular complexity index is 1280. The predicted octanol–water partition coefficient (Wildman–Crippen LogP) is 5.14. The van der Waals surface area contributed by atoms with Gasteiger partial charge in [0.1, 0.15) is 0 Å². The third-order valence-corrected chi connectivity index (χ3v) is 5.38. The molecule has 0 bridgehead atoms. The van der Waals surface area contributed by atoms with Gasteiger partial charge in [0.2, 0.25) is 5.91 Å². The minimum absolute atomic E-state index is 0.150. The molecule has 1 heterocycles. The Morgan fingerprint density at radius 2 is 1.56 bits per heavy atom. The van der Waals surface area contributed by atoms with Gasteiger partial charge in [-0.2, -0.15) is 0 Å². The van der Waals surface area contributed by atoms with Gasteiger partial charge in [-0.25, -0.2) is 0 Å². The minimum atomic E-state index is -0.211. The van der Waals surface area contributed by atoms with Crippen LogP contribution in [0, 0.1) is 6.92 Å². The van der Waals surface area contributed by atoms with E-state index in [1.165, 1.54) is 0 Å². The van der Waals surface area contributed by atoms with Crippen molar-refractivity contribution in [2.75, 3.05) is 11.9 Å². The summed E-state index contributed by atoms with van der Waals surface area (Å²) in [6, 6.07) is 25.1. The molecule has 1 aromatic heterocycles. The molecule has 0 atom stereocenters. The fraction of sp³-hybridized carbons (Fsp3) is 0.148. The van der Waals surface area contributed by atoms with E-state index in [4.69, 9.17) is 4.98 Å². The molecule has 4 rings (SSSR count). The number of rotatable bonds is 6. The standard InChI is InChI=1S/C27H25N3O2/c1-3-28-27(32)21-14-8-10-16-24(21)30-25(31)17-22-18(2)29-23-15-9-7-13-20(23)26(22)19-11-5-4-6-12-19/h4-16H,3,17H2,1-2H3,(H,28,32)(H,30,31). The first-order valence-electron chi connectivity index (χ1n) is 10.7. The topological polar surface area (TPSA) is 71.1 Å². The second kappa shape index (κ2) is 9.43. The summed E-state index contributed by atoms with van der Waals surface area (Å²) in [5.74, 6) is -0.406. The lowest BCUT2D eigenvalue weighted by Crippen LogP contribution is -2.25. The summed E-state index contributed by atoms with van der Waals surface area (Å²) in [7, 11) is 0. The number of benzene rings is 3. The van der Waals surface area contributed by atoms with E-state index >= 15 is 0 Å². The monoisotopic (exact) mass is 423 g/mol. The van der Waals surface area contributed by atoms with Crippen LogP contribution in [0.2, 0.25) is 0 Å². The zero-order valence-corrected chi connectivity index (χ0v) is 18.2. The molecule has 0 spiro atoms. The first-order chi connectivity index (χ1) is 15.6. The smallest absolute Gasteiger partial charge is 0.253 e. The predicted molar refractivity (Wildman–Crippen MR) is 129 cm³/mol. The van der Waals surface area contributed by atoms with Crippen molar-refractivity contribution in [1.82, 2.24) is 10.3 Å². The van der Waals surface area contributed by atoms with Crippen LogP contribution in [0.4, 0.5) is 5.69 Å². The van der Waals surface area contributed by atoms with Gasteiger partial charge in [0.15, 0.2) is 0 Å². The van der Waals surface area contributed by atoms with E-state index in [1.54, 1.807) is 24.3 Å². The van der Waals surface area contributed by atoms with Crippen molar-refractivity contribution in [3.05, 3.63) is 95.7 Å². The minimum Gasteiger partial charge on any atom is -0.352 e. The average Bonchev–Trinajstić information content (AvgIpc) is 2.80. The first kappa shape index (κ1) is 21.2.